The molecule has 1 saturated heterocycles. The zero-order chi connectivity index (χ0) is 12.3. The van der Waals surface area contributed by atoms with Gasteiger partial charge >= 0.3 is 0 Å². The fraction of sp³-hybridized carbons (Fsp3) is 0.417. The van der Waals surface area contributed by atoms with Crippen molar-refractivity contribution in [3.63, 3.8) is 0 Å². The molecule has 0 spiro atoms. The Bertz CT molecular complexity index is 393. The maximum atomic E-state index is 12.2. The van der Waals surface area contributed by atoms with Crippen molar-refractivity contribution in [1.82, 2.24) is 4.90 Å². The van der Waals surface area contributed by atoms with Crippen LogP contribution in [-0.2, 0) is 0 Å². The lowest BCUT2D eigenvalue weighted by Crippen LogP contribution is -2.41. The van der Waals surface area contributed by atoms with E-state index in [4.69, 9.17) is 5.84 Å². The molecule has 3 N–H and O–H groups in total. The van der Waals surface area contributed by atoms with Gasteiger partial charge in [0, 0.05) is 35.3 Å². The lowest BCUT2D eigenvalue weighted by atomic mass is 10.1. The Labute approximate surface area is 106 Å². The number of nitrogens with zero attached hydrogens (tertiary/aromatic N) is 1. The zero-order valence-electron chi connectivity index (χ0n) is 9.85. The highest BCUT2D eigenvalue weighted by molar-refractivity contribution is 7.99. The molecule has 0 aromatic heterocycles. The monoisotopic (exact) mass is 251 g/mol. The highest BCUT2D eigenvalue weighted by Crippen LogP contribution is 2.20. The van der Waals surface area contributed by atoms with E-state index in [0.717, 1.165) is 30.1 Å². The predicted molar refractivity (Wildman–Crippen MR) is 72.1 cm³/mol. The molecule has 92 valence electrons. The van der Waals surface area contributed by atoms with Crippen LogP contribution in [0.1, 0.15) is 17.3 Å². The number of nitrogens with two attached hydrogens (primary N) is 1. The molecule has 1 atom stereocenters. The standard InChI is InChI=1S/C12H17N3OS/c1-9-8-15(6-7-17-9)12(16)10-2-4-11(14-13)5-3-10/h2-5,9,14H,6-8,13H2,1H3. The van der Waals surface area contributed by atoms with Gasteiger partial charge in [0.15, 0.2) is 0 Å². The van der Waals surface area contributed by atoms with Gasteiger partial charge < -0.3 is 10.3 Å². The van der Waals surface area contributed by atoms with E-state index in [9.17, 15) is 4.79 Å². The molecule has 2 rings (SSSR count). The van der Waals surface area contributed by atoms with Gasteiger partial charge in [-0.25, -0.2) is 0 Å². The quantitative estimate of drug-likeness (QED) is 0.618. The van der Waals surface area contributed by atoms with Gasteiger partial charge in [0.25, 0.3) is 5.91 Å². The second-order valence-electron chi connectivity index (χ2n) is 4.15. The Morgan fingerprint density at radius 2 is 2.18 bits per heavy atom. The summed E-state index contributed by atoms with van der Waals surface area (Å²) < 4.78 is 0. The average molecular weight is 251 g/mol. The Morgan fingerprint density at radius 1 is 1.47 bits per heavy atom. The molecule has 1 heterocycles. The van der Waals surface area contributed by atoms with Gasteiger partial charge in [-0.15, -0.1) is 0 Å². The number of benzene rings is 1. The number of hydrogen-bond acceptors (Lipinski definition) is 4. The number of nitrogen functional groups attached to an aromatic ring is 1. The minimum atomic E-state index is 0.112. The first-order valence-electron chi connectivity index (χ1n) is 5.68. The van der Waals surface area contributed by atoms with E-state index >= 15 is 0 Å². The van der Waals surface area contributed by atoms with Gasteiger partial charge in [-0.3, -0.25) is 10.6 Å². The summed E-state index contributed by atoms with van der Waals surface area (Å²) in [6.07, 6.45) is 0. The van der Waals surface area contributed by atoms with Crippen molar-refractivity contribution < 1.29 is 4.79 Å². The molecule has 0 bridgehead atoms. The number of thioether (sulfide) groups is 1. The van der Waals surface area contributed by atoms with Crippen molar-refractivity contribution in [2.75, 3.05) is 24.3 Å². The van der Waals surface area contributed by atoms with Gasteiger partial charge in [0.1, 0.15) is 0 Å². The van der Waals surface area contributed by atoms with Gasteiger partial charge in [-0.05, 0) is 24.3 Å². The molecule has 1 amide bonds. The van der Waals surface area contributed by atoms with E-state index in [2.05, 4.69) is 12.3 Å². The first kappa shape index (κ1) is 12.3. The van der Waals surface area contributed by atoms with Crippen molar-refractivity contribution in [2.24, 2.45) is 5.84 Å². The maximum absolute atomic E-state index is 12.2. The summed E-state index contributed by atoms with van der Waals surface area (Å²) in [5, 5.41) is 0.526. The second-order valence-corrected chi connectivity index (χ2v) is 5.70. The van der Waals surface area contributed by atoms with Crippen LogP contribution < -0.4 is 11.3 Å². The predicted octanol–water partition coefficient (Wildman–Crippen LogP) is 1.55. The highest BCUT2D eigenvalue weighted by Gasteiger charge is 2.22. The lowest BCUT2D eigenvalue weighted by Gasteiger charge is -2.30. The van der Waals surface area contributed by atoms with Crippen molar-refractivity contribution in [1.29, 1.82) is 0 Å². The molecule has 0 radical (unpaired) electrons. The van der Waals surface area contributed by atoms with E-state index in [1.807, 2.05) is 40.9 Å². The molecule has 4 nitrogen and oxygen atoms in total. The lowest BCUT2D eigenvalue weighted by molar-refractivity contribution is 0.0763. The Balaban J connectivity index is 2.07. The van der Waals surface area contributed by atoms with Crippen LogP contribution in [0.5, 0.6) is 0 Å². The summed E-state index contributed by atoms with van der Waals surface area (Å²) in [7, 11) is 0. The number of hydrazine groups is 1. The third-order valence-corrected chi connectivity index (χ3v) is 3.96. The minimum Gasteiger partial charge on any atom is -0.337 e. The number of carbonyl (C=O) groups excluding carboxylic acids is 1. The molecule has 0 aliphatic carbocycles. The van der Waals surface area contributed by atoms with E-state index in [1.54, 1.807) is 0 Å². The smallest absolute Gasteiger partial charge is 0.253 e. The summed E-state index contributed by atoms with van der Waals surface area (Å²) in [4.78, 5) is 14.1. The number of carbonyl (C=O) groups is 1. The van der Waals surface area contributed by atoms with Crippen molar-refractivity contribution >= 4 is 23.4 Å². The van der Waals surface area contributed by atoms with Gasteiger partial charge in [0.2, 0.25) is 0 Å². The highest BCUT2D eigenvalue weighted by atomic mass is 32.2. The molecule has 1 aromatic rings. The van der Waals surface area contributed by atoms with E-state index in [-0.39, 0.29) is 5.91 Å². The SMILES string of the molecule is CC1CN(C(=O)c2ccc(NN)cc2)CCS1. The van der Waals surface area contributed by atoms with E-state index in [1.165, 1.54) is 0 Å². The molecule has 0 saturated carbocycles. The Hall–Kier alpha value is -1.20. The largest absolute Gasteiger partial charge is 0.337 e. The number of nitrogens with one attached hydrogen (secondary N) is 1. The first-order valence-corrected chi connectivity index (χ1v) is 6.73. The molecule has 5 heteroatoms. The van der Waals surface area contributed by atoms with Gasteiger partial charge in [-0.1, -0.05) is 6.92 Å². The number of hydrogen-bond donors (Lipinski definition) is 2. The van der Waals surface area contributed by atoms with Crippen LogP contribution in [0, 0.1) is 0 Å². The van der Waals surface area contributed by atoms with E-state index < -0.39 is 0 Å². The molecule has 17 heavy (non-hydrogen) atoms. The number of rotatable bonds is 2. The topological polar surface area (TPSA) is 58.4 Å². The molecular weight excluding hydrogens is 234 g/mol. The van der Waals surface area contributed by atoms with Crippen LogP contribution in [0.15, 0.2) is 24.3 Å². The van der Waals surface area contributed by atoms with E-state index in [0.29, 0.717) is 5.25 Å². The summed E-state index contributed by atoms with van der Waals surface area (Å²) in [6.45, 7) is 3.83. The molecule has 1 fully saturated rings. The van der Waals surface area contributed by atoms with Crippen molar-refractivity contribution in [3.8, 4) is 0 Å². The third-order valence-electron chi connectivity index (χ3n) is 2.83. The third kappa shape index (κ3) is 2.92. The van der Waals surface area contributed by atoms with Gasteiger partial charge in [0.05, 0.1) is 0 Å². The fourth-order valence-corrected chi connectivity index (χ4v) is 2.91. The van der Waals surface area contributed by atoms with Crippen LogP contribution >= 0.6 is 11.8 Å². The Morgan fingerprint density at radius 3 is 2.76 bits per heavy atom. The number of amides is 1. The summed E-state index contributed by atoms with van der Waals surface area (Å²) in [5.74, 6) is 6.42. The average Bonchev–Trinajstić information content (AvgIpc) is 2.38. The van der Waals surface area contributed by atoms with Gasteiger partial charge in [-0.2, -0.15) is 11.8 Å². The van der Waals surface area contributed by atoms with Crippen molar-refractivity contribution in [3.05, 3.63) is 29.8 Å². The van der Waals surface area contributed by atoms with Crippen LogP contribution in [0.4, 0.5) is 5.69 Å². The normalized spacial score (nSPS) is 20.1. The zero-order valence-corrected chi connectivity index (χ0v) is 10.7. The molecule has 1 unspecified atom stereocenters. The van der Waals surface area contributed by atoms with Crippen LogP contribution in [0.2, 0.25) is 0 Å². The number of anilines is 1. The molecular formula is C12H17N3OS. The van der Waals surface area contributed by atoms with Crippen LogP contribution in [0.25, 0.3) is 0 Å². The summed E-state index contributed by atoms with van der Waals surface area (Å²) in [5.41, 5.74) is 4.09. The summed E-state index contributed by atoms with van der Waals surface area (Å²) >= 11 is 1.92. The van der Waals surface area contributed by atoms with Crippen LogP contribution in [-0.4, -0.2) is 34.9 Å². The second kappa shape index (κ2) is 5.42. The van der Waals surface area contributed by atoms with Crippen LogP contribution in [0.3, 0.4) is 0 Å². The molecule has 1 aliphatic rings. The molecule has 1 aliphatic heterocycles. The maximum Gasteiger partial charge on any atom is 0.253 e. The summed E-state index contributed by atoms with van der Waals surface area (Å²) in [6, 6.07) is 7.25. The first-order chi connectivity index (χ1) is 8.20. The fourth-order valence-electron chi connectivity index (χ4n) is 1.89. The minimum absolute atomic E-state index is 0.112. The van der Waals surface area contributed by atoms with Crippen molar-refractivity contribution in [2.45, 2.75) is 12.2 Å². The molecule has 1 aromatic carbocycles. The Kier molecular flexibility index (Phi) is 3.91.